The number of carbonyl (C=O) groups is 2. The van der Waals surface area contributed by atoms with Gasteiger partial charge in [0, 0.05) is 5.54 Å². The Bertz CT molecular complexity index is 788. The fourth-order valence-corrected chi connectivity index (χ4v) is 4.33. The number of carbonyl (C=O) groups excluding carboxylic acids is 2. The molecule has 8 heteroatoms. The van der Waals surface area contributed by atoms with Crippen LogP contribution >= 0.6 is 0 Å². The number of rotatable bonds is 4. The van der Waals surface area contributed by atoms with Crippen molar-refractivity contribution in [1.82, 2.24) is 9.62 Å². The monoisotopic (exact) mass is 338 g/mol. The largest absolute Gasteiger partial charge is 0.500 e. The quantitative estimate of drug-likeness (QED) is 0.760. The van der Waals surface area contributed by atoms with Gasteiger partial charge < -0.3 is 0 Å². The summed E-state index contributed by atoms with van der Waals surface area (Å²) in [6, 6.07) is -0.392. The molecule has 1 atom stereocenters. The summed E-state index contributed by atoms with van der Waals surface area (Å²) in [5.41, 5.74) is 0.146. The lowest BCUT2D eigenvalue weighted by molar-refractivity contribution is -0.434. The Balaban J connectivity index is 2.00. The Morgan fingerprint density at radius 2 is 2.00 bits per heavy atom. The zero-order chi connectivity index (χ0) is 17.0. The molecule has 0 bridgehead atoms. The first-order chi connectivity index (χ1) is 10.7. The van der Waals surface area contributed by atoms with Gasteiger partial charge in [-0.05, 0) is 44.9 Å². The summed E-state index contributed by atoms with van der Waals surface area (Å²) in [6.45, 7) is 4.08. The number of urea groups is 1. The van der Waals surface area contributed by atoms with Crippen LogP contribution in [0.15, 0.2) is 23.1 Å². The van der Waals surface area contributed by atoms with Crippen molar-refractivity contribution in [1.29, 1.82) is 0 Å². The van der Waals surface area contributed by atoms with Crippen molar-refractivity contribution in [2.24, 2.45) is 5.92 Å². The molecule has 23 heavy (non-hydrogen) atoms. The summed E-state index contributed by atoms with van der Waals surface area (Å²) < 4.78 is 29.1. The van der Waals surface area contributed by atoms with Crippen LogP contribution in [0.25, 0.3) is 0 Å². The first-order valence-corrected chi connectivity index (χ1v) is 9.07. The van der Waals surface area contributed by atoms with Crippen molar-refractivity contribution < 1.29 is 22.6 Å². The molecular formula is C15H20N3O4S+. The van der Waals surface area contributed by atoms with Crippen molar-refractivity contribution in [3.05, 3.63) is 23.1 Å². The number of hydrogen-bond acceptors (Lipinski definition) is 4. The highest BCUT2D eigenvalue weighted by Gasteiger charge is 2.46. The second-order valence-corrected chi connectivity index (χ2v) is 8.08. The van der Waals surface area contributed by atoms with Crippen LogP contribution in [0.2, 0.25) is 0 Å². The van der Waals surface area contributed by atoms with E-state index in [1.807, 2.05) is 13.8 Å². The summed E-state index contributed by atoms with van der Waals surface area (Å²) in [4.78, 5) is 25.6. The van der Waals surface area contributed by atoms with E-state index in [-0.39, 0.29) is 10.4 Å². The topological polar surface area (TPSA) is 86.6 Å². The highest BCUT2D eigenvalue weighted by Crippen LogP contribution is 2.36. The number of nitrogens with one attached hydrogen (secondary N) is 1. The molecule has 124 valence electrons. The average Bonchev–Trinajstić information content (AvgIpc) is 3.21. The van der Waals surface area contributed by atoms with Crippen LogP contribution in [-0.4, -0.2) is 54.7 Å². The van der Waals surface area contributed by atoms with Crippen LogP contribution in [0.1, 0.15) is 26.7 Å². The molecule has 0 aromatic rings. The molecule has 7 nitrogen and oxygen atoms in total. The zero-order valence-corrected chi connectivity index (χ0v) is 14.2. The van der Waals surface area contributed by atoms with Crippen molar-refractivity contribution >= 4 is 27.7 Å². The van der Waals surface area contributed by atoms with Gasteiger partial charge in [0.25, 0.3) is 0 Å². The summed E-state index contributed by atoms with van der Waals surface area (Å²) in [7, 11) is -2.26. The second kappa shape index (κ2) is 5.10. The summed E-state index contributed by atoms with van der Waals surface area (Å²) in [5, 5.41) is 0. The molecule has 1 unspecified atom stereocenters. The van der Waals surface area contributed by atoms with Gasteiger partial charge in [-0.2, -0.15) is 14.3 Å². The highest BCUT2D eigenvalue weighted by molar-refractivity contribution is 7.93. The molecule has 3 amide bonds. The van der Waals surface area contributed by atoms with Crippen LogP contribution in [0.3, 0.4) is 0 Å². The predicted octanol–water partition coefficient (Wildman–Crippen LogP) is 0.594. The molecule has 1 N–H and O–H groups in total. The smallest absolute Gasteiger partial charge is 0.245 e. The van der Waals surface area contributed by atoms with Gasteiger partial charge in [-0.3, -0.25) is 0 Å². The third kappa shape index (κ3) is 2.66. The number of amides is 3. The number of hydrogen-bond donors (Lipinski definition) is 1. The lowest BCUT2D eigenvalue weighted by Gasteiger charge is -2.25. The normalized spacial score (nSPS) is 26.3. The van der Waals surface area contributed by atoms with Crippen LogP contribution in [0, 0.1) is 5.92 Å². The Kier molecular flexibility index (Phi) is 3.57. The maximum absolute atomic E-state index is 12.5. The third-order valence-corrected chi connectivity index (χ3v) is 6.16. The Morgan fingerprint density at radius 1 is 1.35 bits per heavy atom. The SMILES string of the molecule is CC[N+]1=C2C=CC(S(=O)(=O)NC3(C)CC3)=CC2C(=O)N(C)C1=O. The van der Waals surface area contributed by atoms with Gasteiger partial charge in [0.15, 0.2) is 0 Å². The van der Waals surface area contributed by atoms with Crippen molar-refractivity contribution in [2.75, 3.05) is 13.6 Å². The molecule has 1 heterocycles. The Hall–Kier alpha value is -1.80. The average molecular weight is 338 g/mol. The number of nitrogens with zero attached hydrogens (tertiary/aromatic N) is 2. The minimum atomic E-state index is -3.67. The van der Waals surface area contributed by atoms with E-state index in [0.717, 1.165) is 17.7 Å². The maximum atomic E-state index is 12.5. The van der Waals surface area contributed by atoms with Gasteiger partial charge in [-0.1, -0.05) is 0 Å². The number of fused-ring (bicyclic) bond motifs is 1. The molecule has 0 spiro atoms. The fraction of sp³-hybridized carbons (Fsp3) is 0.533. The van der Waals surface area contributed by atoms with E-state index in [2.05, 4.69) is 4.72 Å². The van der Waals surface area contributed by atoms with Crippen LogP contribution in [0.4, 0.5) is 4.79 Å². The molecule has 0 aromatic carbocycles. The zero-order valence-electron chi connectivity index (χ0n) is 13.4. The van der Waals surface area contributed by atoms with E-state index in [9.17, 15) is 18.0 Å². The van der Waals surface area contributed by atoms with E-state index >= 15 is 0 Å². The van der Waals surface area contributed by atoms with Gasteiger partial charge in [-0.25, -0.2) is 17.9 Å². The number of allylic oxidation sites excluding steroid dienone is 2. The molecule has 1 fully saturated rings. The lowest BCUT2D eigenvalue weighted by Crippen LogP contribution is -2.53. The molecule has 3 rings (SSSR count). The fourth-order valence-electron chi connectivity index (χ4n) is 2.80. The minimum Gasteiger partial charge on any atom is -0.245 e. The van der Waals surface area contributed by atoms with Gasteiger partial charge in [0.2, 0.25) is 10.0 Å². The van der Waals surface area contributed by atoms with E-state index in [1.54, 1.807) is 6.08 Å². The predicted molar refractivity (Wildman–Crippen MR) is 84.4 cm³/mol. The van der Waals surface area contributed by atoms with E-state index in [0.29, 0.717) is 12.3 Å². The number of imide groups is 1. The summed E-state index contributed by atoms with van der Waals surface area (Å²) in [6.07, 6.45) is 6.06. The molecule has 1 aliphatic heterocycles. The van der Waals surface area contributed by atoms with E-state index in [1.165, 1.54) is 23.8 Å². The maximum Gasteiger partial charge on any atom is 0.500 e. The Labute approximate surface area is 135 Å². The summed E-state index contributed by atoms with van der Waals surface area (Å²) >= 11 is 0. The number of sulfonamides is 1. The van der Waals surface area contributed by atoms with Crippen molar-refractivity contribution in [2.45, 2.75) is 32.2 Å². The molecule has 2 aliphatic carbocycles. The molecule has 1 saturated carbocycles. The van der Waals surface area contributed by atoms with Crippen molar-refractivity contribution in [3.63, 3.8) is 0 Å². The molecule has 0 radical (unpaired) electrons. The highest BCUT2D eigenvalue weighted by atomic mass is 32.2. The van der Waals surface area contributed by atoms with Crippen molar-refractivity contribution in [3.8, 4) is 0 Å². The molecule has 3 aliphatic rings. The third-order valence-electron chi connectivity index (χ3n) is 4.50. The molecular weight excluding hydrogens is 318 g/mol. The van der Waals surface area contributed by atoms with Gasteiger partial charge >= 0.3 is 11.9 Å². The van der Waals surface area contributed by atoms with Crippen LogP contribution < -0.4 is 4.72 Å². The van der Waals surface area contributed by atoms with Gasteiger partial charge in [-0.15, -0.1) is 0 Å². The van der Waals surface area contributed by atoms with Crippen LogP contribution in [0.5, 0.6) is 0 Å². The molecule has 0 aromatic heterocycles. The van der Waals surface area contributed by atoms with Crippen LogP contribution in [-0.2, 0) is 14.8 Å². The van der Waals surface area contributed by atoms with E-state index < -0.39 is 27.9 Å². The summed E-state index contributed by atoms with van der Waals surface area (Å²) in [5.74, 6) is -1.16. The van der Waals surface area contributed by atoms with Gasteiger partial charge in [0.05, 0.1) is 18.5 Å². The van der Waals surface area contributed by atoms with E-state index in [4.69, 9.17) is 0 Å². The standard InChI is InChI=1S/C15H20N3O4S/c1-4-18-12-6-5-10(23(21,22)16-15(2)7-8-15)9-11(12)13(19)17(3)14(18)20/h5-6,9,11,16H,4,7-8H2,1-3H3/q+1. The first-order valence-electron chi connectivity index (χ1n) is 7.58. The second-order valence-electron chi connectivity index (χ2n) is 6.40. The minimum absolute atomic E-state index is 0.0755. The Morgan fingerprint density at radius 3 is 2.57 bits per heavy atom. The van der Waals surface area contributed by atoms with Gasteiger partial charge in [0.1, 0.15) is 11.6 Å². The lowest BCUT2D eigenvalue weighted by atomic mass is 9.95. The first kappa shape index (κ1) is 16.1. The molecule has 0 saturated heterocycles.